The van der Waals surface area contributed by atoms with Crippen LogP contribution in [0.25, 0.3) is 5.82 Å². The molecule has 0 radical (unpaired) electrons. The molecule has 10 heteroatoms. The number of carbonyl (C=O) groups is 1. The molecular weight excluding hydrogens is 411 g/mol. The number of aromatic nitrogens is 3. The summed E-state index contributed by atoms with van der Waals surface area (Å²) in [6.07, 6.45) is -3.29. The highest BCUT2D eigenvalue weighted by atomic mass is 19.4. The van der Waals surface area contributed by atoms with Crippen molar-refractivity contribution >= 4 is 5.91 Å². The van der Waals surface area contributed by atoms with Crippen LogP contribution in [0.4, 0.5) is 13.2 Å². The summed E-state index contributed by atoms with van der Waals surface area (Å²) in [6, 6.07) is 11.1. The molecular formula is C21H16F3N5O2. The molecule has 158 valence electrons. The van der Waals surface area contributed by atoms with E-state index in [1.165, 1.54) is 23.1 Å². The summed E-state index contributed by atoms with van der Waals surface area (Å²) in [5, 5.41) is 13.6. The molecule has 4 rings (SSSR count). The number of rotatable bonds is 4. The van der Waals surface area contributed by atoms with Crippen molar-refractivity contribution in [3.05, 3.63) is 71.2 Å². The first-order valence-corrected chi connectivity index (χ1v) is 9.32. The van der Waals surface area contributed by atoms with Crippen LogP contribution in [0.5, 0.6) is 5.75 Å². The maximum atomic E-state index is 13.1. The number of hydrogen-bond acceptors (Lipinski definition) is 5. The Bertz CT molecular complexity index is 1140. The number of halogens is 3. The van der Waals surface area contributed by atoms with Gasteiger partial charge in [-0.05, 0) is 37.3 Å². The highest BCUT2D eigenvalue weighted by Crippen LogP contribution is 2.31. The Labute approximate surface area is 175 Å². The van der Waals surface area contributed by atoms with Gasteiger partial charge in [0.2, 0.25) is 0 Å². The Kier molecular flexibility index (Phi) is 5.10. The third kappa shape index (κ3) is 4.07. The van der Waals surface area contributed by atoms with Gasteiger partial charge in [0.15, 0.2) is 11.9 Å². The minimum atomic E-state index is -4.59. The van der Waals surface area contributed by atoms with Gasteiger partial charge in [0.25, 0.3) is 5.91 Å². The van der Waals surface area contributed by atoms with Crippen LogP contribution in [0.3, 0.4) is 0 Å². The molecule has 7 nitrogen and oxygen atoms in total. The molecule has 0 saturated heterocycles. The van der Waals surface area contributed by atoms with E-state index in [0.717, 1.165) is 12.5 Å². The van der Waals surface area contributed by atoms with Crippen LogP contribution in [0.15, 0.2) is 48.8 Å². The van der Waals surface area contributed by atoms with Crippen molar-refractivity contribution in [3.8, 4) is 17.6 Å². The van der Waals surface area contributed by atoms with Crippen molar-refractivity contribution in [1.29, 1.82) is 5.26 Å². The molecule has 1 aliphatic heterocycles. The first kappa shape index (κ1) is 20.4. The third-order valence-electron chi connectivity index (χ3n) is 4.85. The fourth-order valence-corrected chi connectivity index (χ4v) is 3.20. The number of hydrogen-bond donors (Lipinski definition) is 0. The lowest BCUT2D eigenvalue weighted by molar-refractivity contribution is -0.189. The third-order valence-corrected chi connectivity index (χ3v) is 4.85. The number of fused-ring (bicyclic) bond motifs is 1. The molecule has 3 aromatic rings. The van der Waals surface area contributed by atoms with E-state index in [2.05, 4.69) is 10.1 Å². The van der Waals surface area contributed by atoms with Gasteiger partial charge in [0.05, 0.1) is 29.4 Å². The Morgan fingerprint density at radius 3 is 2.71 bits per heavy atom. The molecule has 0 fully saturated rings. The van der Waals surface area contributed by atoms with Crippen molar-refractivity contribution < 1.29 is 22.7 Å². The summed E-state index contributed by atoms with van der Waals surface area (Å²) in [7, 11) is 0. The van der Waals surface area contributed by atoms with Crippen LogP contribution in [0.1, 0.15) is 34.1 Å². The normalized spacial score (nSPS) is 14.1. The zero-order valence-corrected chi connectivity index (χ0v) is 16.3. The van der Waals surface area contributed by atoms with Crippen LogP contribution in [-0.2, 0) is 13.1 Å². The van der Waals surface area contributed by atoms with E-state index in [-0.39, 0.29) is 30.0 Å². The number of nitrogens with zero attached hydrogens (tertiary/aromatic N) is 5. The number of nitriles is 1. The molecule has 1 amide bonds. The maximum absolute atomic E-state index is 13.1. The summed E-state index contributed by atoms with van der Waals surface area (Å²) >= 11 is 0. The predicted molar refractivity (Wildman–Crippen MR) is 102 cm³/mol. The first-order chi connectivity index (χ1) is 14.8. The second-order valence-corrected chi connectivity index (χ2v) is 7.02. The summed E-state index contributed by atoms with van der Waals surface area (Å²) in [5.41, 5.74) is 1.52. The molecule has 3 heterocycles. The van der Waals surface area contributed by atoms with Crippen molar-refractivity contribution in [2.24, 2.45) is 0 Å². The average molecular weight is 427 g/mol. The minimum Gasteiger partial charge on any atom is -0.480 e. The Hall–Kier alpha value is -3.87. The quantitative estimate of drug-likeness (QED) is 0.635. The lowest BCUT2D eigenvalue weighted by Gasteiger charge is -2.22. The number of pyridine rings is 1. The van der Waals surface area contributed by atoms with Gasteiger partial charge in [-0.15, -0.1) is 0 Å². The van der Waals surface area contributed by atoms with Gasteiger partial charge in [0, 0.05) is 24.5 Å². The van der Waals surface area contributed by atoms with Crippen molar-refractivity contribution in [2.75, 3.05) is 0 Å². The molecule has 0 N–H and O–H groups in total. The number of amides is 1. The van der Waals surface area contributed by atoms with E-state index >= 15 is 0 Å². The highest BCUT2D eigenvalue weighted by molar-refractivity contribution is 5.97. The number of benzene rings is 1. The Morgan fingerprint density at radius 2 is 2.06 bits per heavy atom. The lowest BCUT2D eigenvalue weighted by Crippen LogP contribution is -2.32. The Morgan fingerprint density at radius 1 is 1.26 bits per heavy atom. The zero-order chi connectivity index (χ0) is 22.2. The number of ether oxygens (including phenoxy) is 1. The van der Waals surface area contributed by atoms with E-state index in [1.807, 2.05) is 12.1 Å². The van der Waals surface area contributed by atoms with Crippen LogP contribution in [0.2, 0.25) is 0 Å². The van der Waals surface area contributed by atoms with Gasteiger partial charge in [0.1, 0.15) is 5.75 Å². The van der Waals surface area contributed by atoms with Gasteiger partial charge in [-0.1, -0.05) is 6.07 Å². The predicted octanol–water partition coefficient (Wildman–Crippen LogP) is 3.62. The smallest absolute Gasteiger partial charge is 0.425 e. The second-order valence-electron chi connectivity index (χ2n) is 7.02. The molecule has 0 aliphatic carbocycles. The molecule has 2 aromatic heterocycles. The summed E-state index contributed by atoms with van der Waals surface area (Å²) < 4.78 is 45.5. The number of carbonyl (C=O) groups excluding carboxylic acids is 1. The topological polar surface area (TPSA) is 84.0 Å². The standard InChI is InChI=1S/C21H16F3N5O2/c1-13(21(22,23)24)31-18-6-5-14(9-25)8-16(18)20(30)28-10-15-11-29(27-17(15)12-28)19-4-2-3-7-26-19/h2-8,11,13H,10,12H2,1H3/t13-/m0/s1. The summed E-state index contributed by atoms with van der Waals surface area (Å²) in [4.78, 5) is 18.8. The molecule has 31 heavy (non-hydrogen) atoms. The van der Waals surface area contributed by atoms with Crippen molar-refractivity contribution in [3.63, 3.8) is 0 Å². The largest absolute Gasteiger partial charge is 0.480 e. The molecule has 0 saturated carbocycles. The van der Waals surface area contributed by atoms with Gasteiger partial charge in [-0.25, -0.2) is 9.67 Å². The first-order valence-electron chi connectivity index (χ1n) is 9.32. The lowest BCUT2D eigenvalue weighted by atomic mass is 10.1. The van der Waals surface area contributed by atoms with Gasteiger partial charge in [-0.3, -0.25) is 4.79 Å². The van der Waals surface area contributed by atoms with E-state index in [4.69, 9.17) is 10.00 Å². The molecule has 1 aromatic carbocycles. The average Bonchev–Trinajstić information content (AvgIpc) is 3.33. The monoisotopic (exact) mass is 427 g/mol. The van der Waals surface area contributed by atoms with Gasteiger partial charge >= 0.3 is 6.18 Å². The van der Waals surface area contributed by atoms with E-state index < -0.39 is 18.2 Å². The second kappa shape index (κ2) is 7.75. The van der Waals surface area contributed by atoms with Crippen LogP contribution in [0, 0.1) is 11.3 Å². The maximum Gasteiger partial charge on any atom is 0.425 e. The minimum absolute atomic E-state index is 0.0992. The van der Waals surface area contributed by atoms with E-state index in [9.17, 15) is 18.0 Å². The van der Waals surface area contributed by atoms with Crippen molar-refractivity contribution in [1.82, 2.24) is 19.7 Å². The van der Waals surface area contributed by atoms with Gasteiger partial charge < -0.3 is 9.64 Å². The Balaban J connectivity index is 1.57. The fraction of sp³-hybridized carbons (Fsp3) is 0.238. The summed E-state index contributed by atoms with van der Waals surface area (Å²) in [5.74, 6) is -0.130. The zero-order valence-electron chi connectivity index (χ0n) is 16.3. The number of alkyl halides is 3. The van der Waals surface area contributed by atoms with E-state index in [1.54, 1.807) is 29.2 Å². The van der Waals surface area contributed by atoms with Gasteiger partial charge in [-0.2, -0.15) is 23.5 Å². The molecule has 1 atom stereocenters. The molecule has 0 unspecified atom stereocenters. The SMILES string of the molecule is C[C@H](Oc1ccc(C#N)cc1C(=O)N1Cc2cn(-c3ccccn3)nc2C1)C(F)(F)F. The highest BCUT2D eigenvalue weighted by Gasteiger charge is 2.39. The van der Waals surface area contributed by atoms with Crippen LogP contribution < -0.4 is 4.74 Å². The van der Waals surface area contributed by atoms with Crippen LogP contribution in [-0.4, -0.2) is 37.9 Å². The summed E-state index contributed by atoms with van der Waals surface area (Å²) in [6.45, 7) is 1.27. The van der Waals surface area contributed by atoms with Crippen molar-refractivity contribution in [2.45, 2.75) is 32.3 Å². The van der Waals surface area contributed by atoms with E-state index in [0.29, 0.717) is 11.5 Å². The molecule has 1 aliphatic rings. The fourth-order valence-electron chi connectivity index (χ4n) is 3.20. The van der Waals surface area contributed by atoms with Crippen LogP contribution >= 0.6 is 0 Å². The molecule has 0 spiro atoms. The molecule has 0 bridgehead atoms.